The number of hydrogen-bond donors (Lipinski definition) is 4. The number of nitrogens with one attached hydrogen (secondary N) is 3. The molecule has 0 spiro atoms. The van der Waals surface area contributed by atoms with Crippen molar-refractivity contribution in [1.82, 2.24) is 14.8 Å². The highest BCUT2D eigenvalue weighted by atomic mass is 19.1. The zero-order valence-electron chi connectivity index (χ0n) is 21.3. The van der Waals surface area contributed by atoms with E-state index in [1.54, 1.807) is 6.08 Å². The number of anilines is 2. The van der Waals surface area contributed by atoms with Crippen molar-refractivity contribution in [2.24, 2.45) is 0 Å². The maximum Gasteiger partial charge on any atom is 0.256 e. The van der Waals surface area contributed by atoms with Gasteiger partial charge in [0.25, 0.3) is 17.7 Å². The summed E-state index contributed by atoms with van der Waals surface area (Å²) in [6, 6.07) is 2.52. The normalized spacial score (nSPS) is 18.8. The highest BCUT2D eigenvalue weighted by Crippen LogP contribution is 2.37. The van der Waals surface area contributed by atoms with Crippen molar-refractivity contribution < 1.29 is 23.9 Å². The van der Waals surface area contributed by atoms with Gasteiger partial charge in [-0.25, -0.2) is 4.39 Å². The number of benzene rings is 1. The molecule has 37 heavy (non-hydrogen) atoms. The topological polar surface area (TPSA) is 118 Å². The van der Waals surface area contributed by atoms with Gasteiger partial charge in [-0.05, 0) is 70.5 Å². The second kappa shape index (κ2) is 9.42. The molecule has 1 fully saturated rings. The maximum atomic E-state index is 14.9. The van der Waals surface area contributed by atoms with Gasteiger partial charge in [-0.15, -0.1) is 0 Å². The number of carbonyl (C=O) groups is 3. The average molecular weight is 510 g/mol. The fourth-order valence-electron chi connectivity index (χ4n) is 5.16. The summed E-state index contributed by atoms with van der Waals surface area (Å²) in [5.74, 6) is -1.91. The van der Waals surface area contributed by atoms with Gasteiger partial charge < -0.3 is 30.5 Å². The summed E-state index contributed by atoms with van der Waals surface area (Å²) in [5.41, 5.74) is 2.02. The predicted octanol–water partition coefficient (Wildman–Crippen LogP) is 2.76. The smallest absolute Gasteiger partial charge is 0.256 e. The van der Waals surface area contributed by atoms with Crippen molar-refractivity contribution in [2.45, 2.75) is 45.6 Å². The number of rotatable bonds is 6. The van der Waals surface area contributed by atoms with Crippen LogP contribution in [-0.4, -0.2) is 75.9 Å². The van der Waals surface area contributed by atoms with Gasteiger partial charge in [0.05, 0.1) is 22.5 Å². The Labute approximate surface area is 214 Å². The van der Waals surface area contributed by atoms with Crippen LogP contribution in [0.15, 0.2) is 12.1 Å². The number of aromatic amines is 1. The molecule has 1 aromatic heterocycles. The Kier molecular flexibility index (Phi) is 6.41. The van der Waals surface area contributed by atoms with Gasteiger partial charge in [0.1, 0.15) is 11.4 Å². The van der Waals surface area contributed by atoms with Crippen LogP contribution in [0.4, 0.5) is 15.8 Å². The molecule has 3 amide bonds. The number of aliphatic hydroxyl groups is 1. The number of nitrogens with zero attached hydrogens (tertiary/aromatic N) is 2. The van der Waals surface area contributed by atoms with E-state index >= 15 is 0 Å². The van der Waals surface area contributed by atoms with Crippen LogP contribution in [-0.2, 0) is 16.0 Å². The molecule has 0 unspecified atom stereocenters. The van der Waals surface area contributed by atoms with E-state index in [-0.39, 0.29) is 17.2 Å². The van der Waals surface area contributed by atoms with Crippen LogP contribution in [0, 0.1) is 12.7 Å². The molecule has 9 nitrogen and oxygen atoms in total. The molecular formula is C27H32FN5O4. The van der Waals surface area contributed by atoms with E-state index in [1.807, 2.05) is 11.8 Å². The minimum Gasteiger partial charge on any atom is -0.381 e. The lowest BCUT2D eigenvalue weighted by atomic mass is 10.0. The van der Waals surface area contributed by atoms with Crippen molar-refractivity contribution in [3.63, 3.8) is 0 Å². The van der Waals surface area contributed by atoms with Crippen molar-refractivity contribution in [3.8, 4) is 0 Å². The van der Waals surface area contributed by atoms with Gasteiger partial charge in [-0.2, -0.15) is 0 Å². The monoisotopic (exact) mass is 509 g/mol. The third-order valence-electron chi connectivity index (χ3n) is 7.37. The number of halogens is 1. The molecular weight excluding hydrogens is 477 g/mol. The Morgan fingerprint density at radius 3 is 2.62 bits per heavy atom. The number of likely N-dealkylation sites (tertiary alicyclic amines) is 1. The lowest BCUT2D eigenvalue weighted by Crippen LogP contribution is -2.42. The van der Waals surface area contributed by atoms with E-state index in [1.165, 1.54) is 38.8 Å². The van der Waals surface area contributed by atoms with Crippen LogP contribution in [0.5, 0.6) is 0 Å². The number of fused-ring (bicyclic) bond motifs is 2. The Morgan fingerprint density at radius 1 is 1.19 bits per heavy atom. The first-order chi connectivity index (χ1) is 17.5. The zero-order chi connectivity index (χ0) is 26.5. The number of hydrogen-bond acceptors (Lipinski definition) is 5. The first-order valence-electron chi connectivity index (χ1n) is 12.7. The second-order valence-electron chi connectivity index (χ2n) is 10.5. The molecule has 0 bridgehead atoms. The summed E-state index contributed by atoms with van der Waals surface area (Å²) >= 11 is 0. The summed E-state index contributed by atoms with van der Waals surface area (Å²) in [7, 11) is 0. The molecule has 1 saturated heterocycles. The van der Waals surface area contributed by atoms with Gasteiger partial charge in [0.2, 0.25) is 0 Å². The molecule has 0 saturated carbocycles. The van der Waals surface area contributed by atoms with E-state index in [0.29, 0.717) is 42.0 Å². The van der Waals surface area contributed by atoms with Crippen LogP contribution < -0.4 is 10.6 Å². The first kappa shape index (κ1) is 25.2. The fraction of sp³-hybridized carbons (Fsp3) is 0.444. The lowest BCUT2D eigenvalue weighted by Gasteiger charge is -2.29. The molecule has 3 aliphatic rings. The second-order valence-corrected chi connectivity index (χ2v) is 10.5. The maximum absolute atomic E-state index is 14.9. The van der Waals surface area contributed by atoms with Crippen molar-refractivity contribution in [2.75, 3.05) is 43.4 Å². The highest BCUT2D eigenvalue weighted by molar-refractivity contribution is 6.35. The standard InChI is InChI=1S/C27H32FN5O4/c1-15-20(29-19-6-9-33(25(35)23(15)19)11-10-32-7-4-5-8-32)13-17-16-12-18(28)22(14-21(16)30-24(17)34)31-26(36)27(2,3)37/h12-14,29,37H,4-11H2,1-3H3,(H,30,34)(H,31,36)/b17-13-. The third kappa shape index (κ3) is 4.78. The van der Waals surface area contributed by atoms with Crippen LogP contribution >= 0.6 is 0 Å². The Morgan fingerprint density at radius 2 is 1.92 bits per heavy atom. The number of carbonyl (C=O) groups excluding carboxylic acids is 3. The van der Waals surface area contributed by atoms with Gasteiger partial charge in [0, 0.05) is 43.0 Å². The highest BCUT2D eigenvalue weighted by Gasteiger charge is 2.32. The Bertz CT molecular complexity index is 1320. The van der Waals surface area contributed by atoms with Gasteiger partial charge in [-0.1, -0.05) is 0 Å². The van der Waals surface area contributed by atoms with Crippen molar-refractivity contribution in [1.29, 1.82) is 0 Å². The van der Waals surface area contributed by atoms with Gasteiger partial charge in [0.15, 0.2) is 0 Å². The number of H-pyrrole nitrogens is 1. The molecule has 0 radical (unpaired) electrons. The summed E-state index contributed by atoms with van der Waals surface area (Å²) in [4.78, 5) is 45.8. The van der Waals surface area contributed by atoms with Crippen LogP contribution in [0.3, 0.4) is 0 Å². The van der Waals surface area contributed by atoms with E-state index in [9.17, 15) is 23.9 Å². The van der Waals surface area contributed by atoms with Crippen LogP contribution in [0.2, 0.25) is 0 Å². The summed E-state index contributed by atoms with van der Waals surface area (Å²) in [6.07, 6.45) is 4.77. The molecule has 196 valence electrons. The number of amides is 3. The zero-order valence-corrected chi connectivity index (χ0v) is 21.3. The largest absolute Gasteiger partial charge is 0.381 e. The first-order valence-corrected chi connectivity index (χ1v) is 12.7. The SMILES string of the molecule is Cc1c(/C=C2\C(=O)Nc3cc(NC(=O)C(C)(C)O)c(F)cc32)[nH]c2c1C(=O)N(CCN1CCCC1)CC2. The minimum atomic E-state index is -1.69. The molecule has 4 N–H and O–H groups in total. The van der Waals surface area contributed by atoms with Crippen LogP contribution in [0.25, 0.3) is 11.6 Å². The third-order valence-corrected chi connectivity index (χ3v) is 7.37. The molecule has 10 heteroatoms. The molecule has 1 aromatic carbocycles. The molecule has 0 aliphatic carbocycles. The predicted molar refractivity (Wildman–Crippen MR) is 139 cm³/mol. The Balaban J connectivity index is 1.39. The van der Waals surface area contributed by atoms with Crippen LogP contribution in [0.1, 0.15) is 59.6 Å². The average Bonchev–Trinajstić information content (AvgIpc) is 3.53. The van der Waals surface area contributed by atoms with E-state index in [0.717, 1.165) is 30.9 Å². The lowest BCUT2D eigenvalue weighted by molar-refractivity contribution is -0.130. The van der Waals surface area contributed by atoms with Crippen molar-refractivity contribution >= 4 is 40.7 Å². The summed E-state index contributed by atoms with van der Waals surface area (Å²) < 4.78 is 14.9. The van der Waals surface area contributed by atoms with Gasteiger partial charge >= 0.3 is 0 Å². The fourth-order valence-corrected chi connectivity index (χ4v) is 5.16. The van der Waals surface area contributed by atoms with Crippen molar-refractivity contribution in [3.05, 3.63) is 46.0 Å². The quantitative estimate of drug-likeness (QED) is 0.447. The molecule has 0 atom stereocenters. The molecule has 3 aliphatic heterocycles. The number of aromatic nitrogens is 1. The molecule has 4 heterocycles. The van der Waals surface area contributed by atoms with E-state index in [4.69, 9.17) is 0 Å². The molecule has 2 aromatic rings. The van der Waals surface area contributed by atoms with Gasteiger partial charge in [-0.3, -0.25) is 14.4 Å². The molecule has 5 rings (SSSR count). The minimum absolute atomic E-state index is 0.00615. The van der Waals surface area contributed by atoms with E-state index < -0.39 is 23.2 Å². The Hall–Kier alpha value is -3.50. The summed E-state index contributed by atoms with van der Waals surface area (Å²) in [6.45, 7) is 8.84. The summed E-state index contributed by atoms with van der Waals surface area (Å²) in [5, 5.41) is 14.9. The van der Waals surface area contributed by atoms with E-state index in [2.05, 4.69) is 20.5 Å².